The number of hydrogen-bond acceptors (Lipinski definition) is 3. The molecule has 0 saturated carbocycles. The predicted octanol–water partition coefficient (Wildman–Crippen LogP) is 1.22. The van der Waals surface area contributed by atoms with Gasteiger partial charge in [-0.15, -0.1) is 0 Å². The molecule has 0 fully saturated rings. The normalized spacial score (nSPS) is 12.0. The van der Waals surface area contributed by atoms with Crippen molar-refractivity contribution in [3.8, 4) is 5.69 Å². The Balaban J connectivity index is 1.85. The molecule has 1 aromatic carbocycles. The SMILES string of the molecule is CC(C)[C@@H](NC(N)=O)C(=O)NCCc1ccc(-n2cccn2)cc1. The first-order chi connectivity index (χ1) is 11.5. The second kappa shape index (κ2) is 8.14. The number of aromatic nitrogens is 2. The van der Waals surface area contributed by atoms with Crippen LogP contribution in [0.15, 0.2) is 42.7 Å². The standard InChI is InChI=1S/C17H23N5O2/c1-12(2)15(21-17(18)24)16(23)19-10-8-13-4-6-14(7-5-13)22-11-3-9-20-22/h3-7,9,11-12,15H,8,10H2,1-2H3,(H,19,23)(H3,18,21,24)/t15-/m1/s1. The van der Waals surface area contributed by atoms with Crippen LogP contribution >= 0.6 is 0 Å². The van der Waals surface area contributed by atoms with Crippen LogP contribution in [0, 0.1) is 5.92 Å². The van der Waals surface area contributed by atoms with Crippen molar-refractivity contribution < 1.29 is 9.59 Å². The van der Waals surface area contributed by atoms with Gasteiger partial charge in [-0.2, -0.15) is 5.10 Å². The molecule has 0 aliphatic carbocycles. The van der Waals surface area contributed by atoms with Crippen LogP contribution < -0.4 is 16.4 Å². The molecule has 0 saturated heterocycles. The highest BCUT2D eigenvalue weighted by Crippen LogP contribution is 2.09. The van der Waals surface area contributed by atoms with Gasteiger partial charge in [-0.3, -0.25) is 4.79 Å². The number of rotatable bonds is 7. The summed E-state index contributed by atoms with van der Waals surface area (Å²) >= 11 is 0. The van der Waals surface area contributed by atoms with E-state index in [0.717, 1.165) is 11.3 Å². The number of primary amides is 1. The van der Waals surface area contributed by atoms with E-state index in [2.05, 4.69) is 15.7 Å². The maximum Gasteiger partial charge on any atom is 0.312 e. The van der Waals surface area contributed by atoms with Crippen LogP contribution in [0.1, 0.15) is 19.4 Å². The molecule has 1 heterocycles. The summed E-state index contributed by atoms with van der Waals surface area (Å²) in [7, 11) is 0. The molecule has 0 bridgehead atoms. The van der Waals surface area contributed by atoms with Crippen LogP contribution in [-0.2, 0) is 11.2 Å². The average Bonchev–Trinajstić information content (AvgIpc) is 3.07. The van der Waals surface area contributed by atoms with E-state index < -0.39 is 12.1 Å². The third-order valence-electron chi connectivity index (χ3n) is 3.67. The van der Waals surface area contributed by atoms with Crippen molar-refractivity contribution in [2.24, 2.45) is 11.7 Å². The zero-order valence-corrected chi connectivity index (χ0v) is 13.9. The van der Waals surface area contributed by atoms with E-state index in [9.17, 15) is 9.59 Å². The molecule has 0 unspecified atom stereocenters. The van der Waals surface area contributed by atoms with Crippen molar-refractivity contribution in [1.29, 1.82) is 0 Å². The van der Waals surface area contributed by atoms with E-state index in [0.29, 0.717) is 13.0 Å². The quantitative estimate of drug-likeness (QED) is 0.712. The molecule has 2 rings (SSSR count). The van der Waals surface area contributed by atoms with Crippen LogP contribution in [0.3, 0.4) is 0 Å². The van der Waals surface area contributed by atoms with Gasteiger partial charge in [0, 0.05) is 18.9 Å². The largest absolute Gasteiger partial charge is 0.354 e. The van der Waals surface area contributed by atoms with Crippen molar-refractivity contribution in [2.45, 2.75) is 26.3 Å². The van der Waals surface area contributed by atoms with Crippen molar-refractivity contribution >= 4 is 11.9 Å². The molecule has 1 aromatic heterocycles. The highest BCUT2D eigenvalue weighted by atomic mass is 16.2. The molecule has 0 aliphatic rings. The van der Waals surface area contributed by atoms with Gasteiger partial charge in [0.05, 0.1) is 5.69 Å². The molecule has 7 nitrogen and oxygen atoms in total. The van der Waals surface area contributed by atoms with Gasteiger partial charge in [-0.25, -0.2) is 9.48 Å². The van der Waals surface area contributed by atoms with Crippen LogP contribution in [-0.4, -0.2) is 34.3 Å². The summed E-state index contributed by atoms with van der Waals surface area (Å²) in [5, 5.41) is 9.48. The first-order valence-corrected chi connectivity index (χ1v) is 7.90. The second-order valence-corrected chi connectivity index (χ2v) is 5.89. The minimum Gasteiger partial charge on any atom is -0.354 e. The molecule has 1 atom stereocenters. The van der Waals surface area contributed by atoms with Crippen molar-refractivity contribution in [1.82, 2.24) is 20.4 Å². The number of amides is 3. The number of nitrogens with zero attached hydrogens (tertiary/aromatic N) is 2. The zero-order chi connectivity index (χ0) is 17.5. The molecular formula is C17H23N5O2. The molecule has 2 aromatic rings. The van der Waals surface area contributed by atoms with E-state index in [1.165, 1.54) is 0 Å². The Kier molecular flexibility index (Phi) is 5.95. The summed E-state index contributed by atoms with van der Waals surface area (Å²) in [6.07, 6.45) is 4.31. The van der Waals surface area contributed by atoms with Gasteiger partial charge < -0.3 is 16.4 Å². The number of urea groups is 1. The van der Waals surface area contributed by atoms with Gasteiger partial charge in [0.2, 0.25) is 5.91 Å². The lowest BCUT2D eigenvalue weighted by atomic mass is 10.0. The molecule has 24 heavy (non-hydrogen) atoms. The number of hydrogen-bond donors (Lipinski definition) is 3. The Bertz CT molecular complexity index is 665. The Hall–Kier alpha value is -2.83. The molecule has 3 amide bonds. The van der Waals surface area contributed by atoms with Crippen LogP contribution in [0.4, 0.5) is 4.79 Å². The zero-order valence-electron chi connectivity index (χ0n) is 13.9. The Morgan fingerprint density at radius 3 is 2.50 bits per heavy atom. The molecule has 4 N–H and O–H groups in total. The van der Waals surface area contributed by atoms with Crippen molar-refractivity contribution in [2.75, 3.05) is 6.54 Å². The van der Waals surface area contributed by atoms with Gasteiger partial charge >= 0.3 is 6.03 Å². The lowest BCUT2D eigenvalue weighted by molar-refractivity contribution is -0.123. The number of carbonyl (C=O) groups excluding carboxylic acids is 2. The smallest absolute Gasteiger partial charge is 0.312 e. The third kappa shape index (κ3) is 4.84. The molecule has 0 radical (unpaired) electrons. The topological polar surface area (TPSA) is 102 Å². The van der Waals surface area contributed by atoms with E-state index in [1.54, 1.807) is 10.9 Å². The minimum absolute atomic E-state index is 0.0362. The highest BCUT2D eigenvalue weighted by Gasteiger charge is 2.22. The van der Waals surface area contributed by atoms with Crippen molar-refractivity contribution in [3.05, 3.63) is 48.3 Å². The van der Waals surface area contributed by atoms with E-state index in [1.807, 2.05) is 50.4 Å². The molecule has 0 spiro atoms. The van der Waals surface area contributed by atoms with Crippen LogP contribution in [0.2, 0.25) is 0 Å². The highest BCUT2D eigenvalue weighted by molar-refractivity contribution is 5.86. The maximum atomic E-state index is 12.1. The molecule has 128 valence electrons. The van der Waals surface area contributed by atoms with Gasteiger partial charge in [0.15, 0.2) is 0 Å². The van der Waals surface area contributed by atoms with Crippen LogP contribution in [0.25, 0.3) is 5.69 Å². The fourth-order valence-electron chi connectivity index (χ4n) is 2.37. The fraction of sp³-hybridized carbons (Fsp3) is 0.353. The first-order valence-electron chi connectivity index (χ1n) is 7.90. The van der Waals surface area contributed by atoms with Crippen molar-refractivity contribution in [3.63, 3.8) is 0 Å². The Labute approximate surface area is 141 Å². The summed E-state index contributed by atoms with van der Waals surface area (Å²) in [5.74, 6) is -0.261. The maximum absolute atomic E-state index is 12.1. The third-order valence-corrected chi connectivity index (χ3v) is 3.67. The van der Waals surface area contributed by atoms with Crippen LogP contribution in [0.5, 0.6) is 0 Å². The fourth-order valence-corrected chi connectivity index (χ4v) is 2.37. The number of nitrogens with one attached hydrogen (secondary N) is 2. The lowest BCUT2D eigenvalue weighted by Gasteiger charge is -2.20. The lowest BCUT2D eigenvalue weighted by Crippen LogP contribution is -2.51. The molecule has 7 heteroatoms. The first kappa shape index (κ1) is 17.5. The van der Waals surface area contributed by atoms with Gasteiger partial charge in [0.1, 0.15) is 6.04 Å². The summed E-state index contributed by atoms with van der Waals surface area (Å²) in [6, 6.07) is 8.53. The van der Waals surface area contributed by atoms with Gasteiger partial charge in [-0.1, -0.05) is 26.0 Å². The van der Waals surface area contributed by atoms with Gasteiger partial charge in [-0.05, 0) is 36.1 Å². The predicted molar refractivity (Wildman–Crippen MR) is 91.6 cm³/mol. The number of nitrogens with two attached hydrogens (primary N) is 1. The van der Waals surface area contributed by atoms with E-state index >= 15 is 0 Å². The summed E-state index contributed by atoms with van der Waals surface area (Å²) in [6.45, 7) is 4.20. The number of carbonyl (C=O) groups is 2. The minimum atomic E-state index is -0.696. The summed E-state index contributed by atoms with van der Waals surface area (Å²) < 4.78 is 1.79. The summed E-state index contributed by atoms with van der Waals surface area (Å²) in [4.78, 5) is 23.1. The van der Waals surface area contributed by atoms with E-state index in [-0.39, 0.29) is 11.8 Å². The average molecular weight is 329 g/mol. The Morgan fingerprint density at radius 2 is 1.96 bits per heavy atom. The Morgan fingerprint density at radius 1 is 1.25 bits per heavy atom. The van der Waals surface area contributed by atoms with Gasteiger partial charge in [0.25, 0.3) is 0 Å². The summed E-state index contributed by atoms with van der Waals surface area (Å²) in [5.41, 5.74) is 7.20. The van der Waals surface area contributed by atoms with E-state index in [4.69, 9.17) is 5.73 Å². The molecule has 0 aliphatic heterocycles. The number of benzene rings is 1. The monoisotopic (exact) mass is 329 g/mol. The molecular weight excluding hydrogens is 306 g/mol. The second-order valence-electron chi connectivity index (χ2n) is 5.89.